The van der Waals surface area contributed by atoms with Gasteiger partial charge in [0.25, 0.3) is 0 Å². The Morgan fingerprint density at radius 2 is 2.47 bits per heavy atom. The molecule has 0 aromatic carbocycles. The van der Waals surface area contributed by atoms with Crippen molar-refractivity contribution < 1.29 is 4.74 Å². The maximum Gasteiger partial charge on any atom is 0.159 e. The van der Waals surface area contributed by atoms with Crippen LogP contribution in [-0.4, -0.2) is 39.8 Å². The highest BCUT2D eigenvalue weighted by molar-refractivity contribution is 7.99. The Morgan fingerprint density at radius 1 is 1.53 bits per heavy atom. The van der Waals surface area contributed by atoms with E-state index in [9.17, 15) is 0 Å². The Bertz CT molecular complexity index is 549. The van der Waals surface area contributed by atoms with E-state index in [2.05, 4.69) is 15.6 Å². The van der Waals surface area contributed by atoms with E-state index in [1.54, 1.807) is 7.11 Å². The summed E-state index contributed by atoms with van der Waals surface area (Å²) in [7, 11) is 1.75. The molecule has 3 heterocycles. The van der Waals surface area contributed by atoms with Crippen molar-refractivity contribution in [1.29, 1.82) is 0 Å². The van der Waals surface area contributed by atoms with Crippen LogP contribution in [0.1, 0.15) is 24.6 Å². The van der Waals surface area contributed by atoms with Gasteiger partial charge >= 0.3 is 0 Å². The summed E-state index contributed by atoms with van der Waals surface area (Å²) in [5.41, 5.74) is 2.04. The average Bonchev–Trinajstić information content (AvgIpc) is 3.06. The summed E-state index contributed by atoms with van der Waals surface area (Å²) in [6, 6.07) is 4.02. The van der Waals surface area contributed by atoms with Gasteiger partial charge in [-0.3, -0.25) is 0 Å². The predicted octanol–water partition coefficient (Wildman–Crippen LogP) is 2.69. The molecular weight excluding hydrogens is 258 g/mol. The molecule has 1 fully saturated rings. The quantitative estimate of drug-likeness (QED) is 0.788. The summed E-state index contributed by atoms with van der Waals surface area (Å²) in [6.07, 6.45) is 4.09. The first kappa shape index (κ1) is 12.9. The molecule has 1 atom stereocenters. The fourth-order valence-corrected chi connectivity index (χ4v) is 3.83. The lowest BCUT2D eigenvalue weighted by molar-refractivity contribution is 0.190. The van der Waals surface area contributed by atoms with Gasteiger partial charge in [-0.15, -0.1) is 0 Å². The zero-order chi connectivity index (χ0) is 13.1. The number of rotatable bonds is 5. The van der Waals surface area contributed by atoms with Crippen LogP contribution in [0.25, 0.3) is 11.2 Å². The van der Waals surface area contributed by atoms with E-state index in [1.807, 2.05) is 24.0 Å². The molecule has 2 aromatic heterocycles. The summed E-state index contributed by atoms with van der Waals surface area (Å²) in [5, 5.41) is 0. The van der Waals surface area contributed by atoms with Crippen LogP contribution < -0.4 is 0 Å². The van der Waals surface area contributed by atoms with Gasteiger partial charge < -0.3 is 9.30 Å². The number of hydrogen-bond acceptors (Lipinski definition) is 4. The highest BCUT2D eigenvalue weighted by Gasteiger charge is 2.24. The Labute approximate surface area is 117 Å². The summed E-state index contributed by atoms with van der Waals surface area (Å²) >= 11 is 2.03. The van der Waals surface area contributed by atoms with E-state index in [0.29, 0.717) is 5.92 Å². The number of pyridine rings is 1. The van der Waals surface area contributed by atoms with Gasteiger partial charge in [0.15, 0.2) is 5.65 Å². The first-order valence-electron chi connectivity index (χ1n) is 6.78. The van der Waals surface area contributed by atoms with E-state index in [-0.39, 0.29) is 0 Å². The summed E-state index contributed by atoms with van der Waals surface area (Å²) in [5.74, 6) is 4.24. The molecule has 102 valence electrons. The predicted molar refractivity (Wildman–Crippen MR) is 78.7 cm³/mol. The summed E-state index contributed by atoms with van der Waals surface area (Å²) in [6.45, 7) is 1.73. The van der Waals surface area contributed by atoms with Gasteiger partial charge in [-0.1, -0.05) is 0 Å². The van der Waals surface area contributed by atoms with Gasteiger partial charge in [0.2, 0.25) is 0 Å². The van der Waals surface area contributed by atoms with Crippen LogP contribution in [0.5, 0.6) is 0 Å². The SMILES string of the molecule is COCCCn1c(C2CCSC2)nc2cccnc21. The van der Waals surface area contributed by atoms with Crippen molar-refractivity contribution in [3.63, 3.8) is 0 Å². The number of thioether (sulfide) groups is 1. The lowest BCUT2D eigenvalue weighted by atomic mass is 10.1. The average molecular weight is 277 g/mol. The molecule has 2 aromatic rings. The normalized spacial score (nSPS) is 19.3. The smallest absolute Gasteiger partial charge is 0.159 e. The van der Waals surface area contributed by atoms with Crippen molar-refractivity contribution in [3.8, 4) is 0 Å². The van der Waals surface area contributed by atoms with Crippen molar-refractivity contribution in [2.24, 2.45) is 0 Å². The van der Waals surface area contributed by atoms with Gasteiger partial charge in [0, 0.05) is 38.1 Å². The fraction of sp³-hybridized carbons (Fsp3) is 0.571. The number of aryl methyl sites for hydroxylation is 1. The molecule has 0 bridgehead atoms. The molecule has 1 unspecified atom stereocenters. The number of hydrogen-bond donors (Lipinski definition) is 0. The molecule has 0 N–H and O–H groups in total. The summed E-state index contributed by atoms with van der Waals surface area (Å²) in [4.78, 5) is 9.32. The molecule has 3 rings (SSSR count). The van der Waals surface area contributed by atoms with Crippen LogP contribution in [0, 0.1) is 0 Å². The molecule has 0 radical (unpaired) electrons. The van der Waals surface area contributed by atoms with Gasteiger partial charge in [0.1, 0.15) is 11.3 Å². The fourth-order valence-electron chi connectivity index (χ4n) is 2.61. The van der Waals surface area contributed by atoms with Crippen molar-refractivity contribution in [1.82, 2.24) is 14.5 Å². The number of aromatic nitrogens is 3. The third-order valence-electron chi connectivity index (χ3n) is 3.56. The molecule has 0 amide bonds. The molecule has 5 heteroatoms. The number of methoxy groups -OCH3 is 1. The van der Waals surface area contributed by atoms with Gasteiger partial charge in [-0.05, 0) is 30.7 Å². The maximum atomic E-state index is 5.16. The molecule has 1 saturated heterocycles. The highest BCUT2D eigenvalue weighted by Crippen LogP contribution is 2.33. The molecule has 0 spiro atoms. The lowest BCUT2D eigenvalue weighted by Gasteiger charge is -2.12. The van der Waals surface area contributed by atoms with Crippen molar-refractivity contribution in [3.05, 3.63) is 24.2 Å². The van der Waals surface area contributed by atoms with E-state index >= 15 is 0 Å². The van der Waals surface area contributed by atoms with Crippen LogP contribution in [0.4, 0.5) is 0 Å². The Morgan fingerprint density at radius 3 is 3.26 bits per heavy atom. The van der Waals surface area contributed by atoms with E-state index in [4.69, 9.17) is 9.72 Å². The van der Waals surface area contributed by atoms with Gasteiger partial charge in [-0.2, -0.15) is 11.8 Å². The second-order valence-corrected chi connectivity index (χ2v) is 6.02. The molecule has 1 aliphatic heterocycles. The van der Waals surface area contributed by atoms with E-state index in [1.165, 1.54) is 23.8 Å². The highest BCUT2D eigenvalue weighted by atomic mass is 32.2. The monoisotopic (exact) mass is 277 g/mol. The van der Waals surface area contributed by atoms with E-state index in [0.717, 1.165) is 30.7 Å². The van der Waals surface area contributed by atoms with Crippen LogP contribution in [0.3, 0.4) is 0 Å². The van der Waals surface area contributed by atoms with Gasteiger partial charge in [0.05, 0.1) is 0 Å². The second-order valence-electron chi connectivity index (χ2n) is 4.87. The minimum Gasteiger partial charge on any atom is -0.385 e. The zero-order valence-electron chi connectivity index (χ0n) is 11.2. The minimum atomic E-state index is 0.585. The number of imidazole rings is 1. The number of fused-ring (bicyclic) bond motifs is 1. The first-order chi connectivity index (χ1) is 9.40. The van der Waals surface area contributed by atoms with Crippen LogP contribution >= 0.6 is 11.8 Å². The Hall–Kier alpha value is -1.07. The molecular formula is C14H19N3OS. The summed E-state index contributed by atoms with van der Waals surface area (Å²) < 4.78 is 7.46. The number of nitrogens with zero attached hydrogens (tertiary/aromatic N) is 3. The van der Waals surface area contributed by atoms with Crippen molar-refractivity contribution in [2.75, 3.05) is 25.2 Å². The Kier molecular flexibility index (Phi) is 4.03. The first-order valence-corrected chi connectivity index (χ1v) is 7.93. The standard InChI is InChI=1S/C14H19N3OS/c1-18-8-3-7-17-13(11-5-9-19-10-11)16-12-4-2-6-15-14(12)17/h2,4,6,11H,3,5,7-10H2,1H3. The third kappa shape index (κ3) is 2.62. The Balaban J connectivity index is 1.95. The van der Waals surface area contributed by atoms with Crippen LogP contribution in [0.15, 0.2) is 18.3 Å². The van der Waals surface area contributed by atoms with Crippen molar-refractivity contribution in [2.45, 2.75) is 25.3 Å². The topological polar surface area (TPSA) is 39.9 Å². The van der Waals surface area contributed by atoms with Crippen LogP contribution in [0.2, 0.25) is 0 Å². The second kappa shape index (κ2) is 5.92. The minimum absolute atomic E-state index is 0.585. The zero-order valence-corrected chi connectivity index (χ0v) is 12.0. The lowest BCUT2D eigenvalue weighted by Crippen LogP contribution is -2.10. The van der Waals surface area contributed by atoms with E-state index < -0.39 is 0 Å². The molecule has 1 aliphatic rings. The van der Waals surface area contributed by atoms with Crippen LogP contribution in [-0.2, 0) is 11.3 Å². The van der Waals surface area contributed by atoms with Crippen molar-refractivity contribution >= 4 is 22.9 Å². The third-order valence-corrected chi connectivity index (χ3v) is 4.72. The molecule has 4 nitrogen and oxygen atoms in total. The molecule has 19 heavy (non-hydrogen) atoms. The molecule has 0 aliphatic carbocycles. The number of ether oxygens (including phenoxy) is 1. The van der Waals surface area contributed by atoms with Gasteiger partial charge in [-0.25, -0.2) is 9.97 Å². The largest absolute Gasteiger partial charge is 0.385 e. The molecule has 0 saturated carbocycles. The maximum absolute atomic E-state index is 5.16.